The number of benzene rings is 1. The van der Waals surface area contributed by atoms with Crippen LogP contribution in [0, 0.1) is 5.82 Å². The standard InChI is InChI=1S/C10H12FNO/c1-3-9(12)7-5-4-6-8(11)10(7)13-2/h3-6,9H,1,12H2,2H3/t9-/m1/s1. The molecule has 1 atom stereocenters. The Morgan fingerprint density at radius 2 is 2.31 bits per heavy atom. The van der Waals surface area contributed by atoms with Crippen molar-refractivity contribution < 1.29 is 9.13 Å². The maximum absolute atomic E-state index is 13.1. The quantitative estimate of drug-likeness (QED) is 0.724. The number of methoxy groups -OCH3 is 1. The Bertz CT molecular complexity index is 312. The van der Waals surface area contributed by atoms with Gasteiger partial charge in [0.05, 0.1) is 13.2 Å². The van der Waals surface area contributed by atoms with E-state index in [-0.39, 0.29) is 5.75 Å². The SMILES string of the molecule is C=C[C@@H](N)c1cccc(F)c1OC. The van der Waals surface area contributed by atoms with E-state index < -0.39 is 11.9 Å². The fourth-order valence-electron chi connectivity index (χ4n) is 1.13. The van der Waals surface area contributed by atoms with Crippen molar-refractivity contribution in [2.24, 2.45) is 5.73 Å². The van der Waals surface area contributed by atoms with Crippen LogP contribution in [0.4, 0.5) is 4.39 Å². The van der Waals surface area contributed by atoms with Gasteiger partial charge in [0.15, 0.2) is 11.6 Å². The number of para-hydroxylation sites is 1. The van der Waals surface area contributed by atoms with Crippen molar-refractivity contribution in [1.82, 2.24) is 0 Å². The van der Waals surface area contributed by atoms with Crippen LogP contribution in [-0.2, 0) is 0 Å². The first-order valence-corrected chi connectivity index (χ1v) is 3.91. The molecule has 13 heavy (non-hydrogen) atoms. The second-order valence-corrected chi connectivity index (χ2v) is 2.62. The monoisotopic (exact) mass is 181 g/mol. The molecule has 0 aliphatic carbocycles. The lowest BCUT2D eigenvalue weighted by Crippen LogP contribution is -2.09. The largest absolute Gasteiger partial charge is 0.493 e. The summed E-state index contributed by atoms with van der Waals surface area (Å²) >= 11 is 0. The minimum atomic E-state index is -0.405. The molecule has 70 valence electrons. The lowest BCUT2D eigenvalue weighted by molar-refractivity contribution is 0.380. The van der Waals surface area contributed by atoms with Crippen LogP contribution in [0.5, 0.6) is 5.75 Å². The van der Waals surface area contributed by atoms with E-state index in [1.165, 1.54) is 19.3 Å². The summed E-state index contributed by atoms with van der Waals surface area (Å²) in [4.78, 5) is 0. The molecule has 0 aliphatic heterocycles. The molecular weight excluding hydrogens is 169 g/mol. The summed E-state index contributed by atoms with van der Waals surface area (Å²) < 4.78 is 18.0. The zero-order valence-electron chi connectivity index (χ0n) is 7.46. The number of hydrogen-bond donors (Lipinski definition) is 1. The van der Waals surface area contributed by atoms with Gasteiger partial charge in [-0.1, -0.05) is 18.2 Å². The minimum absolute atomic E-state index is 0.190. The molecule has 2 nitrogen and oxygen atoms in total. The Labute approximate surface area is 76.8 Å². The van der Waals surface area contributed by atoms with Crippen molar-refractivity contribution in [1.29, 1.82) is 0 Å². The molecule has 0 unspecified atom stereocenters. The summed E-state index contributed by atoms with van der Waals surface area (Å²) in [5.41, 5.74) is 6.28. The predicted molar refractivity (Wildman–Crippen MR) is 50.1 cm³/mol. The van der Waals surface area contributed by atoms with E-state index in [1.807, 2.05) is 0 Å². The van der Waals surface area contributed by atoms with E-state index in [2.05, 4.69) is 6.58 Å². The molecule has 0 radical (unpaired) electrons. The highest BCUT2D eigenvalue weighted by Gasteiger charge is 2.12. The predicted octanol–water partition coefficient (Wildman–Crippen LogP) is 2.02. The lowest BCUT2D eigenvalue weighted by Gasteiger charge is -2.12. The van der Waals surface area contributed by atoms with E-state index >= 15 is 0 Å². The van der Waals surface area contributed by atoms with Crippen molar-refractivity contribution in [2.45, 2.75) is 6.04 Å². The molecule has 1 aromatic rings. The number of nitrogens with two attached hydrogens (primary N) is 1. The average molecular weight is 181 g/mol. The van der Waals surface area contributed by atoms with Gasteiger partial charge in [-0.2, -0.15) is 0 Å². The first-order valence-electron chi connectivity index (χ1n) is 3.91. The molecule has 0 bridgehead atoms. The molecule has 2 N–H and O–H groups in total. The van der Waals surface area contributed by atoms with Gasteiger partial charge in [0.1, 0.15) is 0 Å². The highest BCUT2D eigenvalue weighted by atomic mass is 19.1. The molecule has 1 rings (SSSR count). The van der Waals surface area contributed by atoms with Crippen molar-refractivity contribution in [3.63, 3.8) is 0 Å². The summed E-state index contributed by atoms with van der Waals surface area (Å²) in [6, 6.07) is 4.24. The Morgan fingerprint density at radius 1 is 1.62 bits per heavy atom. The van der Waals surface area contributed by atoms with Crippen LogP contribution in [0.3, 0.4) is 0 Å². The Hall–Kier alpha value is -1.35. The molecule has 0 fully saturated rings. The maximum atomic E-state index is 13.1. The second kappa shape index (κ2) is 4.05. The lowest BCUT2D eigenvalue weighted by atomic mass is 10.1. The molecule has 3 heteroatoms. The van der Waals surface area contributed by atoms with Crippen LogP contribution in [-0.4, -0.2) is 7.11 Å². The van der Waals surface area contributed by atoms with Crippen LogP contribution in [0.25, 0.3) is 0 Å². The number of halogens is 1. The smallest absolute Gasteiger partial charge is 0.165 e. The van der Waals surface area contributed by atoms with Gasteiger partial charge in [0.2, 0.25) is 0 Å². The zero-order chi connectivity index (χ0) is 9.84. The van der Waals surface area contributed by atoms with Crippen molar-refractivity contribution >= 4 is 0 Å². The molecule has 0 heterocycles. The summed E-state index contributed by atoms with van der Waals surface area (Å²) in [6.45, 7) is 3.54. The summed E-state index contributed by atoms with van der Waals surface area (Å²) in [7, 11) is 1.41. The van der Waals surface area contributed by atoms with Crippen LogP contribution in [0.15, 0.2) is 30.9 Å². The van der Waals surface area contributed by atoms with Gasteiger partial charge in [0, 0.05) is 5.56 Å². The third-order valence-corrected chi connectivity index (χ3v) is 1.81. The van der Waals surface area contributed by atoms with Crippen LogP contribution >= 0.6 is 0 Å². The first kappa shape index (κ1) is 9.74. The van der Waals surface area contributed by atoms with E-state index in [4.69, 9.17) is 10.5 Å². The summed E-state index contributed by atoms with van der Waals surface area (Å²) in [6.07, 6.45) is 1.54. The van der Waals surface area contributed by atoms with Crippen molar-refractivity contribution in [3.05, 3.63) is 42.2 Å². The number of ether oxygens (including phenoxy) is 1. The van der Waals surface area contributed by atoms with Gasteiger partial charge >= 0.3 is 0 Å². The Kier molecular flexibility index (Phi) is 3.03. The molecular formula is C10H12FNO. The fraction of sp³-hybridized carbons (Fsp3) is 0.200. The van der Waals surface area contributed by atoms with Crippen LogP contribution < -0.4 is 10.5 Å². The van der Waals surface area contributed by atoms with Gasteiger partial charge in [-0.05, 0) is 6.07 Å². The van der Waals surface area contributed by atoms with Gasteiger partial charge in [-0.15, -0.1) is 6.58 Å². The first-order chi connectivity index (χ1) is 6.20. The maximum Gasteiger partial charge on any atom is 0.165 e. The van der Waals surface area contributed by atoms with Gasteiger partial charge in [-0.3, -0.25) is 0 Å². The fourth-order valence-corrected chi connectivity index (χ4v) is 1.13. The zero-order valence-corrected chi connectivity index (χ0v) is 7.46. The topological polar surface area (TPSA) is 35.2 Å². The third kappa shape index (κ3) is 1.87. The van der Waals surface area contributed by atoms with E-state index in [0.29, 0.717) is 5.56 Å². The van der Waals surface area contributed by atoms with Gasteiger partial charge in [0.25, 0.3) is 0 Å². The average Bonchev–Trinajstić information content (AvgIpc) is 2.16. The highest BCUT2D eigenvalue weighted by molar-refractivity contribution is 5.38. The third-order valence-electron chi connectivity index (χ3n) is 1.81. The number of rotatable bonds is 3. The molecule has 0 aliphatic rings. The second-order valence-electron chi connectivity index (χ2n) is 2.62. The molecule has 0 aromatic heterocycles. The Balaban J connectivity index is 3.19. The van der Waals surface area contributed by atoms with Gasteiger partial charge in [-0.25, -0.2) is 4.39 Å². The van der Waals surface area contributed by atoms with E-state index in [0.717, 1.165) is 0 Å². The normalized spacial score (nSPS) is 12.2. The van der Waals surface area contributed by atoms with Gasteiger partial charge < -0.3 is 10.5 Å². The molecule has 1 aromatic carbocycles. The highest BCUT2D eigenvalue weighted by Crippen LogP contribution is 2.26. The summed E-state index contributed by atoms with van der Waals surface area (Å²) in [5, 5.41) is 0. The van der Waals surface area contributed by atoms with Crippen LogP contribution in [0.2, 0.25) is 0 Å². The van der Waals surface area contributed by atoms with Crippen molar-refractivity contribution in [3.8, 4) is 5.75 Å². The van der Waals surface area contributed by atoms with E-state index in [9.17, 15) is 4.39 Å². The van der Waals surface area contributed by atoms with E-state index in [1.54, 1.807) is 12.1 Å². The molecule has 0 amide bonds. The van der Waals surface area contributed by atoms with Crippen molar-refractivity contribution in [2.75, 3.05) is 7.11 Å². The molecule has 0 saturated heterocycles. The number of hydrogen-bond acceptors (Lipinski definition) is 2. The Morgan fingerprint density at radius 3 is 2.85 bits per heavy atom. The molecule has 0 saturated carbocycles. The minimum Gasteiger partial charge on any atom is -0.493 e. The van der Waals surface area contributed by atoms with Crippen LogP contribution in [0.1, 0.15) is 11.6 Å². The molecule has 0 spiro atoms. The summed E-state index contributed by atoms with van der Waals surface area (Å²) in [5.74, 6) is -0.216.